The second kappa shape index (κ2) is 8.12. The SMILES string of the molecule is CC(C)c1cc(F)cc(C(C)C)c1NC(=O)NS(=O)(=O)C1CNC(=O)NC1. The molecule has 0 bridgehead atoms. The molecule has 0 unspecified atom stereocenters. The number of rotatable bonds is 5. The Labute approximate surface area is 158 Å². The van der Waals surface area contributed by atoms with Crippen LogP contribution < -0.4 is 20.7 Å². The van der Waals surface area contributed by atoms with E-state index in [-0.39, 0.29) is 24.9 Å². The smallest absolute Gasteiger partial charge is 0.332 e. The minimum absolute atomic E-state index is 0.0807. The fourth-order valence-corrected chi connectivity index (χ4v) is 3.91. The predicted octanol–water partition coefficient (Wildman–Crippen LogP) is 2.21. The van der Waals surface area contributed by atoms with Gasteiger partial charge in [0.1, 0.15) is 11.1 Å². The Kier molecular flexibility index (Phi) is 6.30. The zero-order valence-electron chi connectivity index (χ0n) is 15.7. The second-order valence-corrected chi connectivity index (χ2v) is 9.04. The van der Waals surface area contributed by atoms with Gasteiger partial charge in [-0.05, 0) is 35.1 Å². The van der Waals surface area contributed by atoms with Gasteiger partial charge in [0.15, 0.2) is 0 Å². The molecule has 1 fully saturated rings. The second-order valence-electron chi connectivity index (χ2n) is 7.08. The minimum Gasteiger partial charge on any atom is -0.337 e. The maximum Gasteiger partial charge on any atom is 0.332 e. The molecule has 27 heavy (non-hydrogen) atoms. The predicted molar refractivity (Wildman–Crippen MR) is 101 cm³/mol. The van der Waals surface area contributed by atoms with E-state index in [1.165, 1.54) is 12.1 Å². The number of carbonyl (C=O) groups is 2. The molecule has 150 valence electrons. The van der Waals surface area contributed by atoms with Crippen molar-refractivity contribution in [2.45, 2.75) is 44.8 Å². The van der Waals surface area contributed by atoms with Crippen molar-refractivity contribution in [3.05, 3.63) is 29.1 Å². The minimum atomic E-state index is -4.01. The molecule has 1 aromatic carbocycles. The van der Waals surface area contributed by atoms with Gasteiger partial charge in [0, 0.05) is 18.8 Å². The highest BCUT2D eigenvalue weighted by molar-refractivity contribution is 7.90. The summed E-state index contributed by atoms with van der Waals surface area (Å²) in [4.78, 5) is 23.4. The van der Waals surface area contributed by atoms with E-state index in [1.54, 1.807) is 0 Å². The van der Waals surface area contributed by atoms with Crippen LogP contribution >= 0.6 is 0 Å². The number of hydrogen-bond acceptors (Lipinski definition) is 4. The Morgan fingerprint density at radius 3 is 2.04 bits per heavy atom. The lowest BCUT2D eigenvalue weighted by molar-refractivity contribution is 0.236. The number of benzene rings is 1. The van der Waals surface area contributed by atoms with Gasteiger partial charge in [-0.1, -0.05) is 27.7 Å². The van der Waals surface area contributed by atoms with Gasteiger partial charge in [0.05, 0.1) is 0 Å². The summed E-state index contributed by atoms with van der Waals surface area (Å²) in [5, 5.41) is 6.33. The van der Waals surface area contributed by atoms with Crippen LogP contribution in [0.4, 0.5) is 19.7 Å². The van der Waals surface area contributed by atoms with Crippen molar-refractivity contribution in [2.75, 3.05) is 18.4 Å². The number of amides is 4. The maximum absolute atomic E-state index is 13.9. The average molecular weight is 400 g/mol. The highest BCUT2D eigenvalue weighted by Gasteiger charge is 2.31. The molecule has 10 heteroatoms. The third-order valence-electron chi connectivity index (χ3n) is 4.30. The van der Waals surface area contributed by atoms with Crippen LogP contribution in [0.5, 0.6) is 0 Å². The molecule has 1 aromatic rings. The summed E-state index contributed by atoms with van der Waals surface area (Å²) < 4.78 is 40.6. The van der Waals surface area contributed by atoms with Gasteiger partial charge in [-0.3, -0.25) is 0 Å². The number of hydrogen-bond donors (Lipinski definition) is 4. The summed E-state index contributed by atoms with van der Waals surface area (Å²) >= 11 is 0. The zero-order valence-corrected chi connectivity index (χ0v) is 16.5. The number of sulfonamides is 1. The van der Waals surface area contributed by atoms with Gasteiger partial charge < -0.3 is 16.0 Å². The molecule has 0 atom stereocenters. The van der Waals surface area contributed by atoms with Gasteiger partial charge in [-0.15, -0.1) is 0 Å². The largest absolute Gasteiger partial charge is 0.337 e. The quantitative estimate of drug-likeness (QED) is 0.606. The highest BCUT2D eigenvalue weighted by atomic mass is 32.2. The first kappa shape index (κ1) is 20.9. The summed E-state index contributed by atoms with van der Waals surface area (Å²) in [7, 11) is -4.01. The number of urea groups is 2. The monoisotopic (exact) mass is 400 g/mol. The van der Waals surface area contributed by atoms with Crippen LogP contribution in [0.3, 0.4) is 0 Å². The van der Waals surface area contributed by atoms with Gasteiger partial charge in [0.2, 0.25) is 10.0 Å². The Morgan fingerprint density at radius 1 is 1.11 bits per heavy atom. The fourth-order valence-electron chi connectivity index (χ4n) is 2.82. The fraction of sp³-hybridized carbons (Fsp3) is 0.529. The van der Waals surface area contributed by atoms with E-state index >= 15 is 0 Å². The molecule has 4 N–H and O–H groups in total. The first-order valence-corrected chi connectivity index (χ1v) is 10.2. The van der Waals surface area contributed by atoms with E-state index in [9.17, 15) is 22.4 Å². The maximum atomic E-state index is 13.9. The van der Waals surface area contributed by atoms with Gasteiger partial charge >= 0.3 is 12.1 Å². The molecule has 1 aliphatic heterocycles. The van der Waals surface area contributed by atoms with Crippen LogP contribution in [-0.4, -0.2) is 38.8 Å². The summed E-state index contributed by atoms with van der Waals surface area (Å²) in [6.45, 7) is 7.23. The number of nitrogens with one attached hydrogen (secondary N) is 4. The first-order valence-electron chi connectivity index (χ1n) is 8.69. The van der Waals surface area contributed by atoms with E-state index in [4.69, 9.17) is 0 Å². The molecule has 0 aliphatic carbocycles. The number of halogens is 1. The highest BCUT2D eigenvalue weighted by Crippen LogP contribution is 2.33. The van der Waals surface area contributed by atoms with E-state index in [1.807, 2.05) is 32.4 Å². The molecule has 8 nitrogen and oxygen atoms in total. The average Bonchev–Trinajstić information content (AvgIpc) is 2.55. The van der Waals surface area contributed by atoms with E-state index in [2.05, 4.69) is 16.0 Å². The summed E-state index contributed by atoms with van der Waals surface area (Å²) in [6.07, 6.45) is 0. The van der Waals surface area contributed by atoms with Crippen molar-refractivity contribution in [3.63, 3.8) is 0 Å². The lowest BCUT2D eigenvalue weighted by atomic mass is 9.92. The molecule has 1 heterocycles. The Morgan fingerprint density at radius 2 is 1.59 bits per heavy atom. The zero-order chi connectivity index (χ0) is 20.4. The third-order valence-corrected chi connectivity index (χ3v) is 5.98. The van der Waals surface area contributed by atoms with E-state index in [0.717, 1.165) is 0 Å². The van der Waals surface area contributed by atoms with Crippen LogP contribution in [0, 0.1) is 5.82 Å². The van der Waals surface area contributed by atoms with Crippen molar-refractivity contribution in [1.29, 1.82) is 0 Å². The number of anilines is 1. The lowest BCUT2D eigenvalue weighted by Gasteiger charge is -2.24. The molecule has 1 aliphatic rings. The molecule has 1 saturated heterocycles. The topological polar surface area (TPSA) is 116 Å². The molecular formula is C17H25FN4O4S. The Bertz CT molecular complexity index is 800. The van der Waals surface area contributed by atoms with E-state index < -0.39 is 33.2 Å². The van der Waals surface area contributed by atoms with Crippen molar-refractivity contribution in [1.82, 2.24) is 15.4 Å². The van der Waals surface area contributed by atoms with E-state index in [0.29, 0.717) is 16.8 Å². The first-order chi connectivity index (χ1) is 12.5. The van der Waals surface area contributed by atoms with Crippen LogP contribution in [-0.2, 0) is 10.0 Å². The summed E-state index contributed by atoms with van der Waals surface area (Å²) in [5.74, 6) is -0.573. The van der Waals surface area contributed by atoms with Crippen LogP contribution in [0.15, 0.2) is 12.1 Å². The van der Waals surface area contributed by atoms with Crippen molar-refractivity contribution in [2.24, 2.45) is 0 Å². The molecular weight excluding hydrogens is 375 g/mol. The van der Waals surface area contributed by atoms with Crippen LogP contribution in [0.1, 0.15) is 50.7 Å². The molecule has 0 spiro atoms. The summed E-state index contributed by atoms with van der Waals surface area (Å²) in [6, 6.07) is 1.28. The van der Waals surface area contributed by atoms with Crippen molar-refractivity contribution >= 4 is 27.8 Å². The molecule has 4 amide bonds. The molecule has 2 rings (SSSR count). The van der Waals surface area contributed by atoms with Gasteiger partial charge in [0.25, 0.3) is 0 Å². The standard InChI is InChI=1S/C17H25FN4O4S/c1-9(2)13-5-11(18)6-14(10(3)4)15(13)21-17(24)22-27(25,26)12-7-19-16(23)20-8-12/h5-6,9-10,12H,7-8H2,1-4H3,(H2,19,20,23)(H2,21,22,24). The van der Waals surface area contributed by atoms with Gasteiger partial charge in [-0.2, -0.15) is 0 Å². The van der Waals surface area contributed by atoms with Crippen LogP contribution in [0.2, 0.25) is 0 Å². The molecule has 0 saturated carbocycles. The normalized spacial score (nSPS) is 15.4. The van der Waals surface area contributed by atoms with Gasteiger partial charge in [-0.25, -0.2) is 27.1 Å². The molecule has 0 radical (unpaired) electrons. The third kappa shape index (κ3) is 5.09. The summed E-state index contributed by atoms with van der Waals surface area (Å²) in [5.41, 5.74) is 1.57. The van der Waals surface area contributed by atoms with Crippen molar-refractivity contribution < 1.29 is 22.4 Å². The van der Waals surface area contributed by atoms with Crippen molar-refractivity contribution in [3.8, 4) is 0 Å². The van der Waals surface area contributed by atoms with Crippen LogP contribution in [0.25, 0.3) is 0 Å². The Balaban J connectivity index is 2.23. The number of carbonyl (C=O) groups excluding carboxylic acids is 2. The Hall–Kier alpha value is -2.36. The lowest BCUT2D eigenvalue weighted by Crippen LogP contribution is -2.56. The molecule has 0 aromatic heterocycles.